The number of likely N-dealkylation sites (N-methyl/N-ethyl adjacent to an activating group) is 1. The van der Waals surface area contributed by atoms with Crippen molar-refractivity contribution in [1.29, 1.82) is 0 Å². The summed E-state index contributed by atoms with van der Waals surface area (Å²) in [6.45, 7) is 4.05. The first kappa shape index (κ1) is 55.9. The Balaban J connectivity index is 4.63. The number of quaternary nitrogens is 1. The van der Waals surface area contributed by atoms with E-state index in [2.05, 4.69) is 56.4 Å². The van der Waals surface area contributed by atoms with Gasteiger partial charge in [-0.15, -0.1) is 0 Å². The van der Waals surface area contributed by atoms with Crippen LogP contribution in [0.2, 0.25) is 0 Å². The molecule has 2 unspecified atom stereocenters. The number of aliphatic hydroxyl groups excluding tert-OH is 1. The largest absolute Gasteiger partial charge is 0.472 e. The molecule has 0 amide bonds. The molecule has 3 atom stereocenters. The third-order valence-electron chi connectivity index (χ3n) is 8.68. The van der Waals surface area contributed by atoms with Gasteiger partial charge in [0.05, 0.1) is 33.9 Å². The summed E-state index contributed by atoms with van der Waals surface area (Å²) in [6.07, 6.45) is 47.9. The van der Waals surface area contributed by atoms with Crippen LogP contribution in [-0.4, -0.2) is 86.1 Å². The van der Waals surface area contributed by atoms with Crippen LogP contribution < -0.4 is 0 Å². The Bertz CT molecular complexity index is 1340. The summed E-state index contributed by atoms with van der Waals surface area (Å²) < 4.78 is 34.1. The van der Waals surface area contributed by atoms with Crippen LogP contribution in [0.4, 0.5) is 0 Å². The number of esters is 2. The number of unbranched alkanes of at least 4 members (excludes halogenated alkanes) is 8. The van der Waals surface area contributed by atoms with Crippen LogP contribution in [0.3, 0.4) is 0 Å². The zero-order chi connectivity index (χ0) is 43.7. The highest BCUT2D eigenvalue weighted by atomic mass is 31.2. The first-order chi connectivity index (χ1) is 28.4. The van der Waals surface area contributed by atoms with Gasteiger partial charge >= 0.3 is 19.8 Å². The average Bonchev–Trinajstić information content (AvgIpc) is 3.18. The first-order valence-electron chi connectivity index (χ1n) is 22.1. The Hall–Kier alpha value is -3.11. The van der Waals surface area contributed by atoms with Gasteiger partial charge in [0.1, 0.15) is 19.8 Å². The molecule has 0 aromatic rings. The number of ether oxygens (including phenoxy) is 2. The van der Waals surface area contributed by atoms with Crippen LogP contribution in [0.5, 0.6) is 0 Å². The number of nitrogens with zero attached hydrogens (tertiary/aromatic N) is 1. The van der Waals surface area contributed by atoms with E-state index >= 15 is 0 Å². The molecule has 0 aliphatic heterocycles. The number of aliphatic hydroxyl groups is 1. The summed E-state index contributed by atoms with van der Waals surface area (Å²) >= 11 is 0. The number of hydrogen-bond acceptors (Lipinski definition) is 8. The molecular weight excluding hydrogens is 766 g/mol. The third-order valence-corrected chi connectivity index (χ3v) is 9.66. The zero-order valence-corrected chi connectivity index (χ0v) is 38.2. The van der Waals surface area contributed by atoms with Crippen molar-refractivity contribution >= 4 is 19.8 Å². The summed E-state index contributed by atoms with van der Waals surface area (Å²) in [5.74, 6) is -0.978. The van der Waals surface area contributed by atoms with E-state index in [9.17, 15) is 24.2 Å². The van der Waals surface area contributed by atoms with Gasteiger partial charge in [-0.25, -0.2) is 4.57 Å². The lowest BCUT2D eigenvalue weighted by molar-refractivity contribution is -0.870. The highest BCUT2D eigenvalue weighted by molar-refractivity contribution is 7.47. The second-order valence-electron chi connectivity index (χ2n) is 15.5. The fourth-order valence-corrected chi connectivity index (χ4v) is 5.95. The SMILES string of the molecule is CC/C=C\C/C=C\CC(O)/C=C/C=C\C/C=C\CCCC(=O)O[C@H](COC(=O)CCC/C=C\C/C=C\C/C=C\CCCCCCCC)COP(=O)(O)OCC[N+](C)(C)C. The van der Waals surface area contributed by atoms with Gasteiger partial charge < -0.3 is 24.0 Å². The smallest absolute Gasteiger partial charge is 0.462 e. The van der Waals surface area contributed by atoms with Crippen LogP contribution in [0.25, 0.3) is 0 Å². The highest BCUT2D eigenvalue weighted by Crippen LogP contribution is 2.43. The van der Waals surface area contributed by atoms with E-state index in [-0.39, 0.29) is 26.1 Å². The number of phosphoric ester groups is 1. The third kappa shape index (κ3) is 42.8. The molecule has 11 heteroatoms. The fraction of sp³-hybridized carbons (Fsp3) is 0.625. The van der Waals surface area contributed by atoms with E-state index in [4.69, 9.17) is 18.5 Å². The Morgan fingerprint density at radius 2 is 1.17 bits per heavy atom. The summed E-state index contributed by atoms with van der Waals surface area (Å²) in [6, 6.07) is 0. The van der Waals surface area contributed by atoms with Crippen LogP contribution in [0.1, 0.15) is 136 Å². The summed E-state index contributed by atoms with van der Waals surface area (Å²) in [5, 5.41) is 10.0. The highest BCUT2D eigenvalue weighted by Gasteiger charge is 2.27. The van der Waals surface area contributed by atoms with Crippen LogP contribution in [0.15, 0.2) is 97.2 Å². The fourth-order valence-electron chi connectivity index (χ4n) is 5.21. The summed E-state index contributed by atoms with van der Waals surface area (Å²) in [5.41, 5.74) is 0. The minimum absolute atomic E-state index is 0.00324. The normalized spacial score (nSPS) is 15.0. The van der Waals surface area contributed by atoms with E-state index < -0.39 is 38.6 Å². The second kappa shape index (κ2) is 39.1. The maximum absolute atomic E-state index is 12.7. The average molecular weight is 847 g/mol. The van der Waals surface area contributed by atoms with E-state index in [1.54, 1.807) is 6.08 Å². The van der Waals surface area contributed by atoms with Gasteiger partial charge in [-0.2, -0.15) is 0 Å². The lowest BCUT2D eigenvalue weighted by atomic mass is 10.1. The number of allylic oxidation sites excluding steroid dienone is 14. The maximum Gasteiger partial charge on any atom is 0.472 e. The van der Waals surface area contributed by atoms with Crippen LogP contribution >= 0.6 is 7.82 Å². The van der Waals surface area contributed by atoms with Gasteiger partial charge in [-0.3, -0.25) is 18.6 Å². The summed E-state index contributed by atoms with van der Waals surface area (Å²) in [7, 11) is 1.36. The van der Waals surface area contributed by atoms with Crippen molar-refractivity contribution in [3.05, 3.63) is 97.2 Å². The lowest BCUT2D eigenvalue weighted by Crippen LogP contribution is -2.37. The molecule has 10 nitrogen and oxygen atoms in total. The molecular formula is C48H81NO9P+. The quantitative estimate of drug-likeness (QED) is 0.0156. The molecule has 0 spiro atoms. The molecule has 0 bridgehead atoms. The Morgan fingerprint density at radius 3 is 1.80 bits per heavy atom. The molecule has 0 rings (SSSR count). The number of carbonyl (C=O) groups is 2. The monoisotopic (exact) mass is 847 g/mol. The second-order valence-corrected chi connectivity index (χ2v) is 17.0. The number of carbonyl (C=O) groups excluding carboxylic acids is 2. The van der Waals surface area contributed by atoms with Gasteiger partial charge in [-0.1, -0.05) is 143 Å². The van der Waals surface area contributed by atoms with Crippen molar-refractivity contribution in [3.63, 3.8) is 0 Å². The number of hydrogen-bond donors (Lipinski definition) is 2. The Labute approximate surface area is 358 Å². The van der Waals surface area contributed by atoms with Crippen molar-refractivity contribution in [2.45, 2.75) is 148 Å². The van der Waals surface area contributed by atoms with Crippen LogP contribution in [0, 0.1) is 0 Å². The van der Waals surface area contributed by atoms with Crippen molar-refractivity contribution < 1.29 is 47.2 Å². The van der Waals surface area contributed by atoms with Gasteiger partial charge in [0, 0.05) is 12.8 Å². The zero-order valence-electron chi connectivity index (χ0n) is 37.3. The van der Waals surface area contributed by atoms with Crippen molar-refractivity contribution in [2.75, 3.05) is 47.5 Å². The molecule has 0 radical (unpaired) electrons. The molecule has 0 saturated heterocycles. The predicted octanol–water partition coefficient (Wildman–Crippen LogP) is 11.5. The predicted molar refractivity (Wildman–Crippen MR) is 244 cm³/mol. The molecule has 0 aliphatic carbocycles. The minimum atomic E-state index is -4.42. The van der Waals surface area contributed by atoms with E-state index in [1.807, 2.05) is 69.8 Å². The van der Waals surface area contributed by atoms with Crippen molar-refractivity contribution in [2.24, 2.45) is 0 Å². The van der Waals surface area contributed by atoms with E-state index in [0.29, 0.717) is 43.1 Å². The van der Waals surface area contributed by atoms with Gasteiger partial charge in [-0.05, 0) is 77.0 Å². The molecule has 336 valence electrons. The van der Waals surface area contributed by atoms with E-state index in [1.165, 1.54) is 38.5 Å². The van der Waals surface area contributed by atoms with Gasteiger partial charge in [0.2, 0.25) is 0 Å². The van der Waals surface area contributed by atoms with Gasteiger partial charge in [0.15, 0.2) is 6.10 Å². The molecule has 2 N–H and O–H groups in total. The molecule has 0 aromatic carbocycles. The molecule has 59 heavy (non-hydrogen) atoms. The molecule has 0 heterocycles. The Morgan fingerprint density at radius 1 is 0.627 bits per heavy atom. The molecule has 0 saturated carbocycles. The Kier molecular flexibility index (Phi) is 37.0. The summed E-state index contributed by atoms with van der Waals surface area (Å²) in [4.78, 5) is 35.3. The van der Waals surface area contributed by atoms with Crippen LogP contribution in [-0.2, 0) is 32.7 Å². The topological polar surface area (TPSA) is 129 Å². The molecule has 0 aromatic heterocycles. The number of phosphoric acid groups is 1. The lowest BCUT2D eigenvalue weighted by Gasteiger charge is -2.24. The standard InChI is InChI=1S/C48H80NO9P/c1-6-8-10-12-14-15-16-17-18-19-20-21-22-23-27-31-35-39-47(51)55-43-46(44-57-59(53,54)56-42-41-49(3,4)5)58-48(52)40-36-32-28-25-24-26-30-34-38-45(50)37-33-29-13-11-9-7-2/h9,11,17-18,20-21,23,25-30,33-34,38,45-46,50H,6-8,10,12-16,19,22,24,31-32,35-37,39-44H2,1-5H3/p+1/b11-9-,18-17-,21-20-,27-23-,28-25-,30-26-,33-29-,38-34+/t45?,46-/m1/s1. The van der Waals surface area contributed by atoms with Crippen molar-refractivity contribution in [1.82, 2.24) is 0 Å². The maximum atomic E-state index is 12.7. The van der Waals surface area contributed by atoms with Gasteiger partial charge in [0.25, 0.3) is 0 Å². The van der Waals surface area contributed by atoms with E-state index in [0.717, 1.165) is 38.5 Å². The van der Waals surface area contributed by atoms with Crippen molar-refractivity contribution in [3.8, 4) is 0 Å². The minimum Gasteiger partial charge on any atom is -0.462 e. The molecule has 0 aliphatic rings. The number of rotatable bonds is 38. The molecule has 0 fully saturated rings. The first-order valence-corrected chi connectivity index (χ1v) is 23.6.